The summed E-state index contributed by atoms with van der Waals surface area (Å²) in [6.07, 6.45) is 10.6. The van der Waals surface area contributed by atoms with Crippen molar-refractivity contribution in [3.8, 4) is 0 Å². The number of allylic oxidation sites excluding steroid dienone is 2. The summed E-state index contributed by atoms with van der Waals surface area (Å²) in [6.45, 7) is 4.43. The molecule has 0 fully saturated rings. The van der Waals surface area contributed by atoms with Crippen LogP contribution >= 0.6 is 0 Å². The molecule has 86 valence electrons. The maximum absolute atomic E-state index is 11.4. The summed E-state index contributed by atoms with van der Waals surface area (Å²) in [6, 6.07) is 0. The second-order valence-corrected chi connectivity index (χ2v) is 4.60. The Morgan fingerprint density at radius 3 is 2.07 bits per heavy atom. The second-order valence-electron chi connectivity index (χ2n) is 4.60. The zero-order valence-electron chi connectivity index (χ0n) is 10.3. The molecule has 0 bridgehead atoms. The van der Waals surface area contributed by atoms with E-state index in [2.05, 4.69) is 13.8 Å². The van der Waals surface area contributed by atoms with Gasteiger partial charge in [0, 0.05) is 6.42 Å². The molecule has 1 aliphatic rings. The summed E-state index contributed by atoms with van der Waals surface area (Å²) in [5, 5.41) is 0. The highest BCUT2D eigenvalue weighted by atomic mass is 16.1. The first-order valence-corrected chi connectivity index (χ1v) is 6.53. The van der Waals surface area contributed by atoms with Crippen LogP contribution in [0.25, 0.3) is 0 Å². The molecule has 0 aromatic heterocycles. The Morgan fingerprint density at radius 2 is 1.53 bits per heavy atom. The highest BCUT2D eigenvalue weighted by molar-refractivity contribution is 6.04. The van der Waals surface area contributed by atoms with Crippen LogP contribution in [0.15, 0.2) is 11.1 Å². The van der Waals surface area contributed by atoms with Crippen molar-refractivity contribution < 1.29 is 4.79 Å². The lowest BCUT2D eigenvalue weighted by molar-refractivity contribution is -0.116. The maximum Gasteiger partial charge on any atom is 0.162 e. The summed E-state index contributed by atoms with van der Waals surface area (Å²) >= 11 is 0. The van der Waals surface area contributed by atoms with E-state index in [1.807, 2.05) is 0 Å². The summed E-state index contributed by atoms with van der Waals surface area (Å²) < 4.78 is 0. The van der Waals surface area contributed by atoms with E-state index >= 15 is 0 Å². The van der Waals surface area contributed by atoms with Crippen molar-refractivity contribution in [3.05, 3.63) is 11.1 Å². The lowest BCUT2D eigenvalue weighted by Gasteiger charge is -2.22. The molecule has 0 atom stereocenters. The van der Waals surface area contributed by atoms with E-state index in [0.29, 0.717) is 5.78 Å². The number of Topliss-reactive ketones (excluding diaryl/α,β-unsaturated/α-hetero) is 1. The third-order valence-electron chi connectivity index (χ3n) is 3.25. The van der Waals surface area contributed by atoms with Crippen molar-refractivity contribution in [3.63, 3.8) is 0 Å². The Morgan fingerprint density at radius 1 is 0.933 bits per heavy atom. The highest BCUT2D eigenvalue weighted by Gasteiger charge is 2.25. The van der Waals surface area contributed by atoms with Gasteiger partial charge in [0.15, 0.2) is 5.78 Å². The van der Waals surface area contributed by atoms with E-state index in [1.54, 1.807) is 0 Å². The first kappa shape index (κ1) is 12.5. The summed E-state index contributed by atoms with van der Waals surface area (Å²) in [7, 11) is 0. The number of rotatable bonds is 8. The van der Waals surface area contributed by atoms with Crippen LogP contribution in [0, 0.1) is 0 Å². The SMILES string of the molecule is CCCCCC1=C(CCCCC)C(=O)C1. The molecule has 0 amide bonds. The van der Waals surface area contributed by atoms with Gasteiger partial charge in [-0.1, -0.05) is 45.1 Å². The molecule has 15 heavy (non-hydrogen) atoms. The Labute approximate surface area is 93.9 Å². The van der Waals surface area contributed by atoms with Crippen LogP contribution in [-0.4, -0.2) is 5.78 Å². The number of hydrogen-bond acceptors (Lipinski definition) is 1. The van der Waals surface area contributed by atoms with Crippen LogP contribution in [0.2, 0.25) is 0 Å². The molecule has 0 N–H and O–H groups in total. The Kier molecular flexibility index (Phi) is 5.67. The lowest BCUT2D eigenvalue weighted by atomic mass is 9.81. The van der Waals surface area contributed by atoms with Gasteiger partial charge < -0.3 is 0 Å². The average Bonchev–Trinajstić information content (AvgIpc) is 2.23. The van der Waals surface area contributed by atoms with Gasteiger partial charge in [0.1, 0.15) is 0 Å². The minimum atomic E-state index is 0.428. The molecule has 0 aliphatic heterocycles. The van der Waals surface area contributed by atoms with Crippen molar-refractivity contribution in [2.45, 2.75) is 71.6 Å². The highest BCUT2D eigenvalue weighted by Crippen LogP contribution is 2.32. The third-order valence-corrected chi connectivity index (χ3v) is 3.25. The minimum Gasteiger partial charge on any atom is -0.294 e. The summed E-state index contributed by atoms with van der Waals surface area (Å²) in [5.41, 5.74) is 2.67. The van der Waals surface area contributed by atoms with Crippen molar-refractivity contribution in [1.29, 1.82) is 0 Å². The average molecular weight is 208 g/mol. The van der Waals surface area contributed by atoms with Gasteiger partial charge in [0.05, 0.1) is 0 Å². The molecule has 0 radical (unpaired) electrons. The number of carbonyl (C=O) groups is 1. The maximum atomic E-state index is 11.4. The zero-order chi connectivity index (χ0) is 11.1. The van der Waals surface area contributed by atoms with Gasteiger partial charge in [-0.3, -0.25) is 4.79 Å². The molecular weight excluding hydrogens is 184 g/mol. The molecule has 1 nitrogen and oxygen atoms in total. The van der Waals surface area contributed by atoms with Crippen molar-refractivity contribution in [2.24, 2.45) is 0 Å². The van der Waals surface area contributed by atoms with Crippen LogP contribution in [0.3, 0.4) is 0 Å². The quantitative estimate of drug-likeness (QED) is 0.540. The van der Waals surface area contributed by atoms with E-state index < -0.39 is 0 Å². The molecule has 1 aliphatic carbocycles. The van der Waals surface area contributed by atoms with Crippen LogP contribution in [0.1, 0.15) is 71.6 Å². The van der Waals surface area contributed by atoms with Gasteiger partial charge in [-0.15, -0.1) is 0 Å². The van der Waals surface area contributed by atoms with Gasteiger partial charge >= 0.3 is 0 Å². The van der Waals surface area contributed by atoms with Crippen molar-refractivity contribution in [1.82, 2.24) is 0 Å². The normalized spacial score (nSPS) is 15.7. The predicted molar refractivity (Wildman–Crippen MR) is 64.9 cm³/mol. The monoisotopic (exact) mass is 208 g/mol. The van der Waals surface area contributed by atoms with Crippen LogP contribution < -0.4 is 0 Å². The van der Waals surface area contributed by atoms with E-state index in [-0.39, 0.29) is 0 Å². The van der Waals surface area contributed by atoms with Crippen LogP contribution in [0.4, 0.5) is 0 Å². The van der Waals surface area contributed by atoms with Gasteiger partial charge in [-0.25, -0.2) is 0 Å². The molecule has 0 aromatic carbocycles. The van der Waals surface area contributed by atoms with Crippen LogP contribution in [0.5, 0.6) is 0 Å². The Hall–Kier alpha value is -0.590. The molecule has 0 aromatic rings. The molecule has 0 saturated heterocycles. The molecule has 0 spiro atoms. The van der Waals surface area contributed by atoms with Gasteiger partial charge in [0.2, 0.25) is 0 Å². The fourth-order valence-corrected chi connectivity index (χ4v) is 2.19. The lowest BCUT2D eigenvalue weighted by Crippen LogP contribution is -2.18. The van der Waals surface area contributed by atoms with E-state index in [4.69, 9.17) is 0 Å². The molecule has 0 unspecified atom stereocenters. The molecule has 1 heteroatoms. The topological polar surface area (TPSA) is 17.1 Å². The first-order valence-electron chi connectivity index (χ1n) is 6.53. The standard InChI is InChI=1S/C14H24O/c1-3-5-7-9-12-11-14(15)13(12)10-8-6-4-2/h3-11H2,1-2H3. The van der Waals surface area contributed by atoms with E-state index in [1.165, 1.54) is 56.1 Å². The minimum absolute atomic E-state index is 0.428. The van der Waals surface area contributed by atoms with Crippen molar-refractivity contribution in [2.75, 3.05) is 0 Å². The smallest absolute Gasteiger partial charge is 0.162 e. The van der Waals surface area contributed by atoms with Gasteiger partial charge in [-0.05, 0) is 31.3 Å². The molecular formula is C14H24O. The second kappa shape index (κ2) is 6.81. The number of ketones is 1. The van der Waals surface area contributed by atoms with Crippen molar-refractivity contribution >= 4 is 5.78 Å². The summed E-state index contributed by atoms with van der Waals surface area (Å²) in [4.78, 5) is 11.4. The Balaban J connectivity index is 2.29. The molecule has 0 heterocycles. The van der Waals surface area contributed by atoms with Gasteiger partial charge in [0.25, 0.3) is 0 Å². The van der Waals surface area contributed by atoms with Crippen LogP contribution in [-0.2, 0) is 4.79 Å². The Bertz CT molecular complexity index is 238. The molecule has 1 rings (SSSR count). The molecule has 0 saturated carbocycles. The third kappa shape index (κ3) is 3.81. The fourth-order valence-electron chi connectivity index (χ4n) is 2.19. The van der Waals surface area contributed by atoms with E-state index in [9.17, 15) is 4.79 Å². The van der Waals surface area contributed by atoms with E-state index in [0.717, 1.165) is 12.8 Å². The largest absolute Gasteiger partial charge is 0.294 e. The number of hydrogen-bond donors (Lipinski definition) is 0. The number of carbonyl (C=O) groups excluding carboxylic acids is 1. The predicted octanol–water partition coefficient (Wildman–Crippen LogP) is 4.42. The summed E-state index contributed by atoms with van der Waals surface area (Å²) in [5.74, 6) is 0.428. The first-order chi connectivity index (χ1) is 7.29. The fraction of sp³-hybridized carbons (Fsp3) is 0.786. The van der Waals surface area contributed by atoms with Gasteiger partial charge in [-0.2, -0.15) is 0 Å². The zero-order valence-corrected chi connectivity index (χ0v) is 10.3. The number of unbranched alkanes of at least 4 members (excludes halogenated alkanes) is 4.